The first-order valence-electron chi connectivity index (χ1n) is 9.54. The van der Waals surface area contributed by atoms with Gasteiger partial charge in [-0.25, -0.2) is 9.48 Å². The molecule has 9 nitrogen and oxygen atoms in total. The molecule has 162 valence electrons. The molecule has 0 atom stereocenters. The third kappa shape index (κ3) is 5.33. The molecule has 0 bridgehead atoms. The van der Waals surface area contributed by atoms with Gasteiger partial charge in [-0.2, -0.15) is 5.10 Å². The molecule has 0 aliphatic rings. The summed E-state index contributed by atoms with van der Waals surface area (Å²) in [6.07, 6.45) is 0. The average Bonchev–Trinajstić information content (AvgIpc) is 2.80. The van der Waals surface area contributed by atoms with Crippen molar-refractivity contribution in [2.45, 2.75) is 6.54 Å². The summed E-state index contributed by atoms with van der Waals surface area (Å²) in [5.74, 6) is 1.80. The van der Waals surface area contributed by atoms with Crippen molar-refractivity contribution in [2.24, 2.45) is 0 Å². The number of urea groups is 1. The van der Waals surface area contributed by atoms with Crippen LogP contribution in [0.2, 0.25) is 0 Å². The second-order valence-electron chi connectivity index (χ2n) is 6.43. The first kappa shape index (κ1) is 21.7. The fourth-order valence-electron chi connectivity index (χ4n) is 2.96. The molecule has 1 heterocycles. The second-order valence-corrected chi connectivity index (χ2v) is 6.43. The van der Waals surface area contributed by atoms with Gasteiger partial charge in [0.15, 0.2) is 0 Å². The molecule has 3 aromatic rings. The van der Waals surface area contributed by atoms with Crippen molar-refractivity contribution in [3.63, 3.8) is 0 Å². The number of carbonyl (C=O) groups excluding carboxylic acids is 1. The van der Waals surface area contributed by atoms with Crippen molar-refractivity contribution in [3.05, 3.63) is 65.0 Å². The molecule has 0 unspecified atom stereocenters. The number of aromatic nitrogens is 2. The maximum Gasteiger partial charge on any atom is 0.319 e. The molecule has 2 amide bonds. The Morgan fingerprint density at radius 3 is 2.48 bits per heavy atom. The number of hydrogen-bond donors (Lipinski definition) is 2. The molecule has 3 rings (SSSR count). The van der Waals surface area contributed by atoms with Crippen LogP contribution in [0.4, 0.5) is 10.5 Å². The minimum absolute atomic E-state index is 0.193. The predicted molar refractivity (Wildman–Crippen MR) is 117 cm³/mol. The summed E-state index contributed by atoms with van der Waals surface area (Å²) in [6.45, 7) is 0.394. The van der Waals surface area contributed by atoms with Crippen LogP contribution < -0.4 is 30.4 Å². The van der Waals surface area contributed by atoms with Crippen LogP contribution in [0.1, 0.15) is 0 Å². The number of methoxy groups -OCH3 is 3. The Bertz CT molecular complexity index is 1110. The van der Waals surface area contributed by atoms with Gasteiger partial charge >= 0.3 is 6.03 Å². The standard InChI is InChI=1S/C22H24N4O5/c1-29-15-8-10-19(30-2)16(14-15)17-9-11-21(27)26(25-17)13-12-23-22(28)24-18-6-4-5-7-20(18)31-3/h4-11,14H,12-13H2,1-3H3,(H2,23,24,28). The highest BCUT2D eigenvalue weighted by atomic mass is 16.5. The molecular formula is C22H24N4O5. The van der Waals surface area contributed by atoms with E-state index in [9.17, 15) is 9.59 Å². The van der Waals surface area contributed by atoms with Crippen molar-refractivity contribution < 1.29 is 19.0 Å². The highest BCUT2D eigenvalue weighted by molar-refractivity contribution is 5.90. The number of carbonyl (C=O) groups is 1. The van der Waals surface area contributed by atoms with E-state index in [1.54, 1.807) is 56.7 Å². The normalized spacial score (nSPS) is 10.3. The molecule has 0 fully saturated rings. The Balaban J connectivity index is 1.69. The Morgan fingerprint density at radius 1 is 0.968 bits per heavy atom. The maximum atomic E-state index is 12.2. The molecule has 0 saturated heterocycles. The van der Waals surface area contributed by atoms with E-state index in [1.165, 1.54) is 17.9 Å². The van der Waals surface area contributed by atoms with E-state index in [-0.39, 0.29) is 18.6 Å². The van der Waals surface area contributed by atoms with Crippen LogP contribution in [0.15, 0.2) is 59.4 Å². The van der Waals surface area contributed by atoms with Crippen LogP contribution in [0.3, 0.4) is 0 Å². The summed E-state index contributed by atoms with van der Waals surface area (Å²) in [4.78, 5) is 24.4. The van der Waals surface area contributed by atoms with Gasteiger partial charge in [-0.1, -0.05) is 12.1 Å². The Labute approximate surface area is 179 Å². The lowest BCUT2D eigenvalue weighted by atomic mass is 10.1. The third-order valence-corrected chi connectivity index (χ3v) is 4.51. The lowest BCUT2D eigenvalue weighted by Crippen LogP contribution is -2.34. The zero-order valence-electron chi connectivity index (χ0n) is 17.5. The van der Waals surface area contributed by atoms with E-state index in [2.05, 4.69) is 15.7 Å². The van der Waals surface area contributed by atoms with Gasteiger partial charge in [0.2, 0.25) is 0 Å². The number of rotatable bonds is 8. The van der Waals surface area contributed by atoms with Crippen LogP contribution in [0, 0.1) is 0 Å². The van der Waals surface area contributed by atoms with Crippen molar-refractivity contribution in [2.75, 3.05) is 33.2 Å². The van der Waals surface area contributed by atoms with E-state index < -0.39 is 6.03 Å². The molecule has 0 saturated carbocycles. The van der Waals surface area contributed by atoms with Crippen LogP contribution in [0.5, 0.6) is 17.2 Å². The van der Waals surface area contributed by atoms with Crippen molar-refractivity contribution >= 4 is 11.7 Å². The molecule has 1 aromatic heterocycles. The number of para-hydroxylation sites is 2. The van der Waals surface area contributed by atoms with Gasteiger partial charge in [0.1, 0.15) is 17.2 Å². The van der Waals surface area contributed by atoms with Gasteiger partial charge in [-0.15, -0.1) is 0 Å². The number of nitrogens with one attached hydrogen (secondary N) is 2. The van der Waals surface area contributed by atoms with Gasteiger partial charge in [0.05, 0.1) is 39.3 Å². The Morgan fingerprint density at radius 2 is 1.74 bits per heavy atom. The molecule has 31 heavy (non-hydrogen) atoms. The van der Waals surface area contributed by atoms with E-state index >= 15 is 0 Å². The number of anilines is 1. The topological polar surface area (TPSA) is 104 Å². The summed E-state index contributed by atoms with van der Waals surface area (Å²) >= 11 is 0. The molecule has 2 N–H and O–H groups in total. The summed E-state index contributed by atoms with van der Waals surface area (Å²) in [5, 5.41) is 9.83. The number of ether oxygens (including phenoxy) is 3. The summed E-state index contributed by atoms with van der Waals surface area (Å²) < 4.78 is 17.2. The lowest BCUT2D eigenvalue weighted by Gasteiger charge is -2.13. The van der Waals surface area contributed by atoms with Crippen molar-refractivity contribution in [1.29, 1.82) is 0 Å². The SMILES string of the molecule is COc1ccc(OC)c(-c2ccc(=O)n(CCNC(=O)Nc3ccccc3OC)n2)c1. The lowest BCUT2D eigenvalue weighted by molar-refractivity contribution is 0.251. The van der Waals surface area contributed by atoms with Crippen LogP contribution in [-0.4, -0.2) is 43.7 Å². The minimum atomic E-state index is -0.414. The molecule has 2 aromatic carbocycles. The largest absolute Gasteiger partial charge is 0.497 e. The number of nitrogens with zero attached hydrogens (tertiary/aromatic N) is 2. The van der Waals surface area contributed by atoms with Crippen LogP contribution in [0.25, 0.3) is 11.3 Å². The highest BCUT2D eigenvalue weighted by Gasteiger charge is 2.11. The van der Waals surface area contributed by atoms with Gasteiger partial charge in [-0.05, 0) is 36.4 Å². The zero-order valence-corrected chi connectivity index (χ0v) is 17.5. The molecule has 0 spiro atoms. The monoisotopic (exact) mass is 424 g/mol. The number of benzene rings is 2. The summed E-state index contributed by atoms with van der Waals surface area (Å²) in [6, 6.07) is 15.1. The predicted octanol–water partition coefficient (Wildman–Crippen LogP) is 2.76. The first-order valence-corrected chi connectivity index (χ1v) is 9.54. The van der Waals surface area contributed by atoms with Crippen LogP contribution >= 0.6 is 0 Å². The van der Waals surface area contributed by atoms with E-state index in [0.717, 1.165) is 0 Å². The Hall–Kier alpha value is -4.01. The molecule has 9 heteroatoms. The van der Waals surface area contributed by atoms with Gasteiger partial charge < -0.3 is 24.8 Å². The average molecular weight is 424 g/mol. The van der Waals surface area contributed by atoms with Gasteiger partial charge in [0, 0.05) is 18.2 Å². The van der Waals surface area contributed by atoms with Gasteiger partial charge in [-0.3, -0.25) is 4.79 Å². The minimum Gasteiger partial charge on any atom is -0.497 e. The Kier molecular flexibility index (Phi) is 7.10. The third-order valence-electron chi connectivity index (χ3n) is 4.51. The number of amides is 2. The fraction of sp³-hybridized carbons (Fsp3) is 0.227. The second kappa shape index (κ2) is 10.1. The van der Waals surface area contributed by atoms with Gasteiger partial charge in [0.25, 0.3) is 5.56 Å². The zero-order chi connectivity index (χ0) is 22.2. The van der Waals surface area contributed by atoms with E-state index in [0.29, 0.717) is 34.2 Å². The molecule has 0 aliphatic heterocycles. The first-order chi connectivity index (χ1) is 15.0. The van der Waals surface area contributed by atoms with Crippen molar-refractivity contribution in [1.82, 2.24) is 15.1 Å². The summed E-state index contributed by atoms with van der Waals surface area (Å²) in [5.41, 5.74) is 1.51. The van der Waals surface area contributed by atoms with Crippen molar-refractivity contribution in [3.8, 4) is 28.5 Å². The summed E-state index contributed by atoms with van der Waals surface area (Å²) in [7, 11) is 4.66. The fourth-order valence-corrected chi connectivity index (χ4v) is 2.96. The van der Waals surface area contributed by atoms with Crippen LogP contribution in [-0.2, 0) is 6.54 Å². The highest BCUT2D eigenvalue weighted by Crippen LogP contribution is 2.31. The van der Waals surface area contributed by atoms with E-state index in [4.69, 9.17) is 14.2 Å². The maximum absolute atomic E-state index is 12.2. The smallest absolute Gasteiger partial charge is 0.319 e. The van der Waals surface area contributed by atoms with E-state index in [1.807, 2.05) is 6.07 Å². The molecular weight excluding hydrogens is 400 g/mol. The molecule has 0 aliphatic carbocycles. The number of hydrogen-bond acceptors (Lipinski definition) is 6. The quantitative estimate of drug-likeness (QED) is 0.576. The molecule has 0 radical (unpaired) electrons.